The van der Waals surface area contributed by atoms with E-state index in [9.17, 15) is 9.59 Å². The Morgan fingerprint density at radius 1 is 1.38 bits per heavy atom. The number of hydrogen-bond donors (Lipinski definition) is 3. The Balaban J connectivity index is 0. The maximum atomic E-state index is 10.3. The van der Waals surface area contributed by atoms with E-state index in [0.29, 0.717) is 0 Å². The van der Waals surface area contributed by atoms with E-state index in [1.165, 1.54) is 13.8 Å². The molecule has 0 aliphatic carbocycles. The summed E-state index contributed by atoms with van der Waals surface area (Å²) in [7, 11) is 0. The predicted molar refractivity (Wildman–Crippen MR) is 56.4 cm³/mol. The molecule has 0 aliphatic rings. The molecule has 16 heavy (non-hydrogen) atoms. The van der Waals surface area contributed by atoms with E-state index in [1.807, 2.05) is 0 Å². The van der Waals surface area contributed by atoms with E-state index in [-0.39, 0.29) is 5.57 Å². The van der Waals surface area contributed by atoms with E-state index < -0.39 is 24.3 Å². The van der Waals surface area contributed by atoms with Crippen LogP contribution in [0.2, 0.25) is 0 Å². The third-order valence-corrected chi connectivity index (χ3v) is 1.18. The molecule has 3 N–H and O–H groups in total. The van der Waals surface area contributed by atoms with Crippen LogP contribution in [0.5, 0.6) is 0 Å². The first-order chi connectivity index (χ1) is 7.22. The molecule has 6 nitrogen and oxygen atoms in total. The normalized spacial score (nSPS) is 12.5. The molecule has 0 saturated heterocycles. The highest BCUT2D eigenvalue weighted by Gasteiger charge is 2.13. The molecular weight excluding hydrogens is 216 g/mol. The summed E-state index contributed by atoms with van der Waals surface area (Å²) < 4.78 is 4.21. The summed E-state index contributed by atoms with van der Waals surface area (Å²) in [5.74, 6) is -1.69. The largest absolute Gasteiger partial charge is 0.478 e. The Kier molecular flexibility index (Phi) is 9.04. The van der Waals surface area contributed by atoms with Gasteiger partial charge in [0.1, 0.15) is 6.10 Å². The highest BCUT2D eigenvalue weighted by atomic mass is 16.6. The molecule has 0 spiro atoms. The second kappa shape index (κ2) is 8.63. The number of carbonyl (C=O) groups is 2. The molecule has 0 fully saturated rings. The van der Waals surface area contributed by atoms with Gasteiger partial charge in [0.2, 0.25) is 6.29 Å². The van der Waals surface area contributed by atoms with Gasteiger partial charge < -0.3 is 20.1 Å². The fraction of sp³-hybridized carbons (Fsp3) is 0.400. The molecule has 2 atom stereocenters. The molecule has 0 bridgehead atoms. The van der Waals surface area contributed by atoms with E-state index >= 15 is 0 Å². The van der Waals surface area contributed by atoms with Crippen LogP contribution in [0, 0.1) is 0 Å². The summed E-state index contributed by atoms with van der Waals surface area (Å²) in [4.78, 5) is 19.9. The van der Waals surface area contributed by atoms with Crippen LogP contribution in [0.3, 0.4) is 0 Å². The van der Waals surface area contributed by atoms with Crippen molar-refractivity contribution < 1.29 is 29.6 Å². The predicted octanol–water partition coefficient (Wildman–Crippen LogP) is 0.0619. The van der Waals surface area contributed by atoms with Crippen molar-refractivity contribution in [3.8, 4) is 0 Å². The molecule has 0 heterocycles. The summed E-state index contributed by atoms with van der Waals surface area (Å²) in [6.45, 7) is 9.01. The quantitative estimate of drug-likeness (QED) is 0.360. The summed E-state index contributed by atoms with van der Waals surface area (Å²) >= 11 is 0. The van der Waals surface area contributed by atoms with E-state index in [0.717, 1.165) is 6.08 Å². The van der Waals surface area contributed by atoms with Crippen LogP contribution in [0.4, 0.5) is 0 Å². The van der Waals surface area contributed by atoms with Crippen molar-refractivity contribution in [1.82, 2.24) is 0 Å². The Hall–Kier alpha value is -1.66. The molecule has 0 aromatic rings. The third-order valence-electron chi connectivity index (χ3n) is 1.18. The van der Waals surface area contributed by atoms with E-state index in [4.69, 9.17) is 15.3 Å². The van der Waals surface area contributed by atoms with Crippen LogP contribution < -0.4 is 0 Å². The van der Waals surface area contributed by atoms with Crippen molar-refractivity contribution in [3.63, 3.8) is 0 Å². The van der Waals surface area contributed by atoms with Gasteiger partial charge in [-0.2, -0.15) is 0 Å². The molecule has 0 aliphatic heterocycles. The van der Waals surface area contributed by atoms with Gasteiger partial charge in [-0.3, -0.25) is 0 Å². The number of aliphatic hydroxyl groups is 2. The standard InChI is InChI=1S/C6H10O4.C4H6O2/c1-3-5(8)10-6(9)4(2)7;1-3(2)4(5)6/h3-4,6-7,9H,1H2,2H3;1H2,2H3,(H,5,6). The Labute approximate surface area is 93.5 Å². The molecular formula is C10H16O6. The number of carboxylic acids is 1. The number of ether oxygens (including phenoxy) is 1. The van der Waals surface area contributed by atoms with Crippen LogP contribution >= 0.6 is 0 Å². The number of carboxylic acid groups (broad SMARTS) is 1. The second-order valence-electron chi connectivity index (χ2n) is 2.86. The number of aliphatic hydroxyl groups excluding tert-OH is 2. The summed E-state index contributed by atoms with van der Waals surface area (Å²) in [6, 6.07) is 0. The summed E-state index contributed by atoms with van der Waals surface area (Å²) in [5, 5.41) is 25.2. The number of aliphatic carboxylic acids is 1. The third kappa shape index (κ3) is 10.4. The van der Waals surface area contributed by atoms with Crippen molar-refractivity contribution in [2.75, 3.05) is 0 Å². The lowest BCUT2D eigenvalue weighted by Gasteiger charge is -2.12. The summed E-state index contributed by atoms with van der Waals surface area (Å²) in [6.07, 6.45) is -1.64. The van der Waals surface area contributed by atoms with Crippen molar-refractivity contribution in [2.24, 2.45) is 0 Å². The zero-order chi connectivity index (χ0) is 13.3. The topological polar surface area (TPSA) is 104 Å². The van der Waals surface area contributed by atoms with Crippen LogP contribution in [0.15, 0.2) is 24.8 Å². The van der Waals surface area contributed by atoms with Gasteiger partial charge >= 0.3 is 11.9 Å². The first-order valence-corrected chi connectivity index (χ1v) is 4.30. The molecule has 0 amide bonds. The van der Waals surface area contributed by atoms with Gasteiger partial charge in [0, 0.05) is 11.6 Å². The van der Waals surface area contributed by atoms with Crippen molar-refractivity contribution in [3.05, 3.63) is 24.8 Å². The highest BCUT2D eigenvalue weighted by molar-refractivity contribution is 5.84. The smallest absolute Gasteiger partial charge is 0.332 e. The number of rotatable bonds is 4. The van der Waals surface area contributed by atoms with Crippen molar-refractivity contribution in [2.45, 2.75) is 26.2 Å². The number of carbonyl (C=O) groups excluding carboxylic acids is 1. The molecule has 0 rings (SSSR count). The Morgan fingerprint density at radius 3 is 1.94 bits per heavy atom. The maximum absolute atomic E-state index is 10.3. The number of esters is 1. The SMILES string of the molecule is C=C(C)C(=O)O.C=CC(=O)OC(O)C(C)O. The van der Waals surface area contributed by atoms with Gasteiger partial charge in [-0.05, 0) is 13.8 Å². The van der Waals surface area contributed by atoms with Gasteiger partial charge in [0.25, 0.3) is 0 Å². The molecule has 0 saturated carbocycles. The van der Waals surface area contributed by atoms with E-state index in [1.54, 1.807) is 0 Å². The van der Waals surface area contributed by atoms with E-state index in [2.05, 4.69) is 17.9 Å². The fourth-order valence-corrected chi connectivity index (χ4v) is 0.266. The lowest BCUT2D eigenvalue weighted by molar-refractivity contribution is -0.178. The van der Waals surface area contributed by atoms with Gasteiger partial charge in [-0.15, -0.1) is 0 Å². The average Bonchev–Trinajstić information content (AvgIpc) is 2.18. The lowest BCUT2D eigenvalue weighted by Crippen LogP contribution is -2.27. The summed E-state index contributed by atoms with van der Waals surface area (Å²) in [5.41, 5.74) is 0.176. The zero-order valence-corrected chi connectivity index (χ0v) is 9.21. The second-order valence-corrected chi connectivity index (χ2v) is 2.86. The molecule has 2 unspecified atom stereocenters. The minimum atomic E-state index is -1.47. The van der Waals surface area contributed by atoms with Gasteiger partial charge in [-0.25, -0.2) is 9.59 Å². The molecule has 92 valence electrons. The highest BCUT2D eigenvalue weighted by Crippen LogP contribution is 1.94. The minimum Gasteiger partial charge on any atom is -0.478 e. The lowest BCUT2D eigenvalue weighted by atomic mass is 10.4. The Morgan fingerprint density at radius 2 is 1.75 bits per heavy atom. The monoisotopic (exact) mass is 232 g/mol. The van der Waals surface area contributed by atoms with Crippen LogP contribution in [0.1, 0.15) is 13.8 Å². The minimum absolute atomic E-state index is 0.176. The van der Waals surface area contributed by atoms with Crippen molar-refractivity contribution >= 4 is 11.9 Å². The zero-order valence-electron chi connectivity index (χ0n) is 9.21. The average molecular weight is 232 g/mol. The first-order valence-electron chi connectivity index (χ1n) is 4.30. The van der Waals surface area contributed by atoms with Crippen LogP contribution in [-0.2, 0) is 14.3 Å². The van der Waals surface area contributed by atoms with Gasteiger partial charge in [0.05, 0.1) is 0 Å². The van der Waals surface area contributed by atoms with Crippen molar-refractivity contribution in [1.29, 1.82) is 0 Å². The first kappa shape index (κ1) is 16.8. The molecule has 6 heteroatoms. The van der Waals surface area contributed by atoms with Crippen LogP contribution in [0.25, 0.3) is 0 Å². The molecule has 0 aromatic carbocycles. The molecule has 0 aromatic heterocycles. The Bertz CT molecular complexity index is 256. The van der Waals surface area contributed by atoms with Gasteiger partial charge in [0.15, 0.2) is 0 Å². The molecule has 0 radical (unpaired) electrons. The van der Waals surface area contributed by atoms with Gasteiger partial charge in [-0.1, -0.05) is 13.2 Å². The maximum Gasteiger partial charge on any atom is 0.332 e. The van der Waals surface area contributed by atoms with Crippen LogP contribution in [-0.4, -0.2) is 39.7 Å². The number of hydrogen-bond acceptors (Lipinski definition) is 5. The fourth-order valence-electron chi connectivity index (χ4n) is 0.266.